The molecule has 1 N–H and O–H groups in total. The predicted molar refractivity (Wildman–Crippen MR) is 95.2 cm³/mol. The number of rotatable bonds is 3. The van der Waals surface area contributed by atoms with Crippen molar-refractivity contribution in [1.29, 1.82) is 0 Å². The molecule has 0 bridgehead atoms. The second-order valence-corrected chi connectivity index (χ2v) is 5.53. The predicted octanol–water partition coefficient (Wildman–Crippen LogP) is 5.61. The summed E-state index contributed by atoms with van der Waals surface area (Å²) < 4.78 is 0. The van der Waals surface area contributed by atoms with Crippen LogP contribution in [0.15, 0.2) is 84.9 Å². The number of nitrogens with one attached hydrogen (secondary N) is 1. The number of anilines is 1. The van der Waals surface area contributed by atoms with Crippen molar-refractivity contribution in [2.24, 2.45) is 0 Å². The lowest BCUT2D eigenvalue weighted by Gasteiger charge is -2.13. The molecule has 0 atom stereocenters. The lowest BCUT2D eigenvalue weighted by atomic mass is 10.0. The molecule has 0 aliphatic rings. The van der Waals surface area contributed by atoms with Gasteiger partial charge in [0, 0.05) is 17.6 Å². The van der Waals surface area contributed by atoms with Crippen LogP contribution in [0.5, 0.6) is 0 Å². The van der Waals surface area contributed by atoms with Gasteiger partial charge >= 0.3 is 0 Å². The minimum Gasteiger partial charge on any atom is -0.380 e. The van der Waals surface area contributed by atoms with E-state index in [1.165, 1.54) is 32.8 Å². The summed E-state index contributed by atoms with van der Waals surface area (Å²) in [5.41, 5.74) is 2.48. The molecule has 0 radical (unpaired) electrons. The first kappa shape index (κ1) is 12.9. The van der Waals surface area contributed by atoms with Crippen LogP contribution in [0.25, 0.3) is 21.5 Å². The summed E-state index contributed by atoms with van der Waals surface area (Å²) in [5.74, 6) is 0. The van der Waals surface area contributed by atoms with Gasteiger partial charge in [-0.2, -0.15) is 0 Å². The molecule has 22 heavy (non-hydrogen) atoms. The van der Waals surface area contributed by atoms with Crippen LogP contribution < -0.4 is 5.32 Å². The van der Waals surface area contributed by atoms with E-state index in [1.54, 1.807) is 0 Å². The molecule has 0 unspecified atom stereocenters. The molecule has 4 aromatic rings. The Morgan fingerprint density at radius 3 is 2.05 bits per heavy atom. The number of benzene rings is 4. The van der Waals surface area contributed by atoms with Gasteiger partial charge in [0.25, 0.3) is 0 Å². The Hall–Kier alpha value is -2.80. The molecule has 0 saturated heterocycles. The maximum atomic E-state index is 3.60. The van der Waals surface area contributed by atoms with Gasteiger partial charge < -0.3 is 5.32 Å². The third kappa shape index (κ3) is 2.31. The van der Waals surface area contributed by atoms with Crippen LogP contribution in [0.1, 0.15) is 5.56 Å². The number of fused-ring (bicyclic) bond motifs is 3. The van der Waals surface area contributed by atoms with Gasteiger partial charge in [-0.1, -0.05) is 78.9 Å². The van der Waals surface area contributed by atoms with Crippen molar-refractivity contribution in [2.45, 2.75) is 6.54 Å². The molecule has 1 nitrogen and oxygen atoms in total. The molecule has 0 amide bonds. The van der Waals surface area contributed by atoms with Gasteiger partial charge in [0.1, 0.15) is 0 Å². The third-order valence-electron chi connectivity index (χ3n) is 4.09. The summed E-state index contributed by atoms with van der Waals surface area (Å²) in [7, 11) is 0. The zero-order chi connectivity index (χ0) is 14.8. The molecule has 0 aromatic heterocycles. The van der Waals surface area contributed by atoms with Gasteiger partial charge in [-0.25, -0.2) is 0 Å². The van der Waals surface area contributed by atoms with E-state index in [0.717, 1.165) is 6.54 Å². The number of hydrogen-bond acceptors (Lipinski definition) is 1. The smallest absolute Gasteiger partial charge is 0.0428 e. The van der Waals surface area contributed by atoms with Crippen LogP contribution in [0.3, 0.4) is 0 Å². The zero-order valence-electron chi connectivity index (χ0n) is 12.3. The first-order valence-corrected chi connectivity index (χ1v) is 7.60. The fourth-order valence-corrected chi connectivity index (χ4v) is 2.99. The van der Waals surface area contributed by atoms with E-state index in [0.29, 0.717) is 0 Å². The Labute approximate surface area is 130 Å². The maximum absolute atomic E-state index is 3.60. The molecule has 0 heterocycles. The monoisotopic (exact) mass is 283 g/mol. The highest BCUT2D eigenvalue weighted by Crippen LogP contribution is 2.31. The van der Waals surface area contributed by atoms with Crippen molar-refractivity contribution in [2.75, 3.05) is 5.32 Å². The largest absolute Gasteiger partial charge is 0.380 e. The molecule has 0 aliphatic heterocycles. The van der Waals surface area contributed by atoms with E-state index in [2.05, 4.69) is 90.2 Å². The summed E-state index contributed by atoms with van der Waals surface area (Å²) in [4.78, 5) is 0. The van der Waals surface area contributed by atoms with Crippen molar-refractivity contribution >= 4 is 27.2 Å². The highest BCUT2D eigenvalue weighted by Gasteiger charge is 2.05. The SMILES string of the molecule is c1ccc(CNc2cc3ccccc3c3ccccc23)cc1. The van der Waals surface area contributed by atoms with Crippen LogP contribution in [0, 0.1) is 0 Å². The summed E-state index contributed by atoms with van der Waals surface area (Å²) in [6.07, 6.45) is 0. The average Bonchev–Trinajstić information content (AvgIpc) is 2.60. The fraction of sp³-hybridized carbons (Fsp3) is 0.0476. The average molecular weight is 283 g/mol. The van der Waals surface area contributed by atoms with Crippen molar-refractivity contribution in [3.05, 3.63) is 90.5 Å². The van der Waals surface area contributed by atoms with Crippen LogP contribution in [-0.2, 0) is 6.54 Å². The van der Waals surface area contributed by atoms with Crippen LogP contribution in [0.2, 0.25) is 0 Å². The number of hydrogen-bond donors (Lipinski definition) is 1. The molecule has 0 aliphatic carbocycles. The first-order valence-electron chi connectivity index (χ1n) is 7.60. The standard InChI is InChI=1S/C21H17N/c1-2-8-16(9-3-1)15-22-21-14-17-10-4-5-11-18(17)19-12-6-7-13-20(19)21/h1-14,22H,15H2. The molecular formula is C21H17N. The van der Waals surface area contributed by atoms with Gasteiger partial charge in [0.15, 0.2) is 0 Å². The molecule has 4 aromatic carbocycles. The van der Waals surface area contributed by atoms with E-state index < -0.39 is 0 Å². The van der Waals surface area contributed by atoms with Crippen molar-refractivity contribution < 1.29 is 0 Å². The van der Waals surface area contributed by atoms with Crippen molar-refractivity contribution in [3.8, 4) is 0 Å². The molecular weight excluding hydrogens is 266 g/mol. The highest BCUT2D eigenvalue weighted by molar-refractivity contribution is 6.12. The Bertz CT molecular complexity index is 926. The van der Waals surface area contributed by atoms with Gasteiger partial charge in [-0.05, 0) is 27.8 Å². The normalized spacial score (nSPS) is 10.9. The molecule has 0 saturated carbocycles. The Morgan fingerprint density at radius 2 is 1.23 bits per heavy atom. The fourth-order valence-electron chi connectivity index (χ4n) is 2.99. The van der Waals surface area contributed by atoms with Crippen LogP contribution in [0.4, 0.5) is 5.69 Å². The Morgan fingerprint density at radius 1 is 0.591 bits per heavy atom. The Balaban J connectivity index is 1.81. The van der Waals surface area contributed by atoms with E-state index in [4.69, 9.17) is 0 Å². The van der Waals surface area contributed by atoms with E-state index in [-0.39, 0.29) is 0 Å². The van der Waals surface area contributed by atoms with E-state index >= 15 is 0 Å². The van der Waals surface area contributed by atoms with E-state index in [1.807, 2.05) is 0 Å². The van der Waals surface area contributed by atoms with Gasteiger partial charge in [-0.3, -0.25) is 0 Å². The van der Waals surface area contributed by atoms with Gasteiger partial charge in [0.2, 0.25) is 0 Å². The van der Waals surface area contributed by atoms with Crippen LogP contribution in [-0.4, -0.2) is 0 Å². The minimum atomic E-state index is 0.836. The lowest BCUT2D eigenvalue weighted by Crippen LogP contribution is -2.00. The molecule has 0 spiro atoms. The Kier molecular flexibility index (Phi) is 3.24. The van der Waals surface area contributed by atoms with E-state index in [9.17, 15) is 0 Å². The second kappa shape index (κ2) is 5.53. The third-order valence-corrected chi connectivity index (χ3v) is 4.09. The van der Waals surface area contributed by atoms with Crippen molar-refractivity contribution in [3.63, 3.8) is 0 Å². The first-order chi connectivity index (χ1) is 10.9. The summed E-state index contributed by atoms with van der Waals surface area (Å²) >= 11 is 0. The summed E-state index contributed by atoms with van der Waals surface area (Å²) in [5, 5.41) is 8.76. The topological polar surface area (TPSA) is 12.0 Å². The summed E-state index contributed by atoms with van der Waals surface area (Å²) in [6.45, 7) is 0.836. The zero-order valence-corrected chi connectivity index (χ0v) is 12.3. The minimum absolute atomic E-state index is 0.836. The second-order valence-electron chi connectivity index (χ2n) is 5.53. The van der Waals surface area contributed by atoms with Gasteiger partial charge in [0.05, 0.1) is 0 Å². The lowest BCUT2D eigenvalue weighted by molar-refractivity contribution is 1.16. The van der Waals surface area contributed by atoms with Crippen molar-refractivity contribution in [1.82, 2.24) is 0 Å². The molecule has 4 rings (SSSR count). The quantitative estimate of drug-likeness (QED) is 0.482. The highest BCUT2D eigenvalue weighted by atomic mass is 14.9. The maximum Gasteiger partial charge on any atom is 0.0428 e. The molecule has 0 fully saturated rings. The van der Waals surface area contributed by atoms with Gasteiger partial charge in [-0.15, -0.1) is 0 Å². The molecule has 106 valence electrons. The summed E-state index contributed by atoms with van der Waals surface area (Å²) in [6, 6.07) is 29.9. The molecule has 1 heteroatoms. The van der Waals surface area contributed by atoms with Crippen LogP contribution >= 0.6 is 0 Å².